The molecule has 6 nitrogen and oxygen atoms in total. The molecule has 3 N–H and O–H groups in total. The van der Waals surface area contributed by atoms with Crippen LogP contribution < -0.4 is 17.1 Å². The van der Waals surface area contributed by atoms with Crippen LogP contribution in [-0.2, 0) is 4.79 Å². The lowest BCUT2D eigenvalue weighted by molar-refractivity contribution is -0.117. The fraction of sp³-hybridized carbons (Fsp3) is 0.0833. The van der Waals surface area contributed by atoms with E-state index in [0.717, 1.165) is 0 Å². The van der Waals surface area contributed by atoms with Gasteiger partial charge in [0.15, 0.2) is 0 Å². The standard InChI is InChI=1S/C12H10N2O4/c13-9(15)6-2-4-7-3-1-5-8-10(7)11(16)18-12(17)14-8/h1-5H,6H2,(H2,13,15)(H,14,17). The second-order valence-corrected chi connectivity index (χ2v) is 3.64. The van der Waals surface area contributed by atoms with Gasteiger partial charge in [-0.05, 0) is 11.6 Å². The first-order chi connectivity index (χ1) is 8.58. The Morgan fingerprint density at radius 2 is 2.17 bits per heavy atom. The zero-order chi connectivity index (χ0) is 13.1. The number of primary amides is 1. The highest BCUT2D eigenvalue weighted by molar-refractivity contribution is 5.87. The van der Waals surface area contributed by atoms with Gasteiger partial charge in [-0.15, -0.1) is 0 Å². The Balaban J connectivity index is 2.58. The predicted octanol–water partition coefficient (Wildman–Crippen LogP) is 0.370. The predicted molar refractivity (Wildman–Crippen MR) is 66.0 cm³/mol. The van der Waals surface area contributed by atoms with E-state index in [1.54, 1.807) is 30.4 Å². The molecule has 0 fully saturated rings. The van der Waals surface area contributed by atoms with Crippen molar-refractivity contribution in [3.05, 3.63) is 50.8 Å². The molecule has 0 saturated heterocycles. The summed E-state index contributed by atoms with van der Waals surface area (Å²) in [5.41, 5.74) is 5.23. The summed E-state index contributed by atoms with van der Waals surface area (Å²) in [7, 11) is 0. The quantitative estimate of drug-likeness (QED) is 0.815. The zero-order valence-electron chi connectivity index (χ0n) is 9.30. The molecule has 0 atom stereocenters. The number of fused-ring (bicyclic) bond motifs is 1. The lowest BCUT2D eigenvalue weighted by Gasteiger charge is -1.99. The number of H-pyrrole nitrogens is 1. The number of carbonyl (C=O) groups excluding carboxylic acids is 1. The van der Waals surface area contributed by atoms with Crippen molar-refractivity contribution < 1.29 is 9.21 Å². The second-order valence-electron chi connectivity index (χ2n) is 3.64. The number of benzene rings is 1. The Morgan fingerprint density at radius 1 is 1.39 bits per heavy atom. The van der Waals surface area contributed by atoms with Gasteiger partial charge in [0.25, 0.3) is 0 Å². The third-order valence-corrected chi connectivity index (χ3v) is 2.34. The number of amides is 1. The SMILES string of the molecule is NC(=O)CC=Cc1cccc2[nH]c(=O)oc(=O)c12. The molecule has 0 saturated carbocycles. The maximum absolute atomic E-state index is 11.6. The molecule has 2 rings (SSSR count). The van der Waals surface area contributed by atoms with Crippen molar-refractivity contribution >= 4 is 22.9 Å². The fourth-order valence-electron chi connectivity index (χ4n) is 1.61. The number of carbonyl (C=O) groups is 1. The molecular weight excluding hydrogens is 236 g/mol. The lowest BCUT2D eigenvalue weighted by atomic mass is 10.1. The van der Waals surface area contributed by atoms with Crippen LogP contribution >= 0.6 is 0 Å². The lowest BCUT2D eigenvalue weighted by Crippen LogP contribution is -2.15. The van der Waals surface area contributed by atoms with Gasteiger partial charge in [0.05, 0.1) is 10.9 Å². The Bertz CT molecular complexity index is 740. The van der Waals surface area contributed by atoms with Gasteiger partial charge in [-0.25, -0.2) is 9.59 Å². The molecule has 92 valence electrons. The molecule has 0 spiro atoms. The molecule has 1 aromatic carbocycles. The normalized spacial score (nSPS) is 11.1. The number of aromatic amines is 1. The number of rotatable bonds is 3. The van der Waals surface area contributed by atoms with E-state index in [-0.39, 0.29) is 11.8 Å². The average Bonchev–Trinajstić information content (AvgIpc) is 2.27. The molecule has 0 aliphatic carbocycles. The van der Waals surface area contributed by atoms with Crippen LogP contribution in [-0.4, -0.2) is 10.9 Å². The van der Waals surface area contributed by atoms with E-state index in [2.05, 4.69) is 9.40 Å². The van der Waals surface area contributed by atoms with Gasteiger partial charge in [-0.3, -0.25) is 9.78 Å². The average molecular weight is 246 g/mol. The Hall–Kier alpha value is -2.63. The molecule has 1 aromatic heterocycles. The van der Waals surface area contributed by atoms with Crippen molar-refractivity contribution in [1.82, 2.24) is 4.98 Å². The minimum atomic E-state index is -0.800. The van der Waals surface area contributed by atoms with E-state index < -0.39 is 17.3 Å². The Labute approximate surface area is 101 Å². The summed E-state index contributed by atoms with van der Waals surface area (Å²) in [5, 5.41) is 0.262. The van der Waals surface area contributed by atoms with Gasteiger partial charge >= 0.3 is 11.4 Å². The van der Waals surface area contributed by atoms with Crippen molar-refractivity contribution in [2.24, 2.45) is 5.73 Å². The van der Waals surface area contributed by atoms with E-state index in [1.807, 2.05) is 0 Å². The molecule has 1 heterocycles. The van der Waals surface area contributed by atoms with Crippen molar-refractivity contribution in [2.75, 3.05) is 0 Å². The highest BCUT2D eigenvalue weighted by atomic mass is 16.4. The van der Waals surface area contributed by atoms with Crippen LogP contribution in [0.5, 0.6) is 0 Å². The van der Waals surface area contributed by atoms with Crippen LogP contribution in [0.15, 0.2) is 38.3 Å². The van der Waals surface area contributed by atoms with Crippen molar-refractivity contribution in [1.29, 1.82) is 0 Å². The van der Waals surface area contributed by atoms with E-state index in [1.165, 1.54) is 0 Å². The largest absolute Gasteiger partial charge is 0.419 e. The molecule has 1 amide bonds. The zero-order valence-corrected chi connectivity index (χ0v) is 9.30. The number of nitrogens with two attached hydrogens (primary N) is 1. The summed E-state index contributed by atoms with van der Waals surface area (Å²) in [5.74, 6) is -1.27. The van der Waals surface area contributed by atoms with Gasteiger partial charge in [-0.2, -0.15) is 0 Å². The summed E-state index contributed by atoms with van der Waals surface area (Å²) < 4.78 is 4.47. The van der Waals surface area contributed by atoms with Crippen molar-refractivity contribution in [2.45, 2.75) is 6.42 Å². The summed E-state index contributed by atoms with van der Waals surface area (Å²) in [6.45, 7) is 0. The van der Waals surface area contributed by atoms with Gasteiger partial charge in [0, 0.05) is 6.42 Å². The fourth-order valence-corrected chi connectivity index (χ4v) is 1.61. The molecule has 0 radical (unpaired) electrons. The molecule has 18 heavy (non-hydrogen) atoms. The van der Waals surface area contributed by atoms with Crippen LogP contribution in [0.2, 0.25) is 0 Å². The molecule has 0 aliphatic heterocycles. The first-order valence-electron chi connectivity index (χ1n) is 5.19. The van der Waals surface area contributed by atoms with Gasteiger partial charge in [-0.1, -0.05) is 24.3 Å². The second kappa shape index (κ2) is 4.70. The van der Waals surface area contributed by atoms with E-state index >= 15 is 0 Å². The third-order valence-electron chi connectivity index (χ3n) is 2.34. The van der Waals surface area contributed by atoms with Gasteiger partial charge in [0.1, 0.15) is 0 Å². The molecular formula is C12H10N2O4. The van der Waals surface area contributed by atoms with E-state index in [4.69, 9.17) is 5.73 Å². The van der Waals surface area contributed by atoms with Crippen LogP contribution in [0.3, 0.4) is 0 Å². The summed E-state index contributed by atoms with van der Waals surface area (Å²) in [6.07, 6.45) is 3.20. The summed E-state index contributed by atoms with van der Waals surface area (Å²) >= 11 is 0. The van der Waals surface area contributed by atoms with Crippen LogP contribution in [0, 0.1) is 0 Å². The Morgan fingerprint density at radius 3 is 2.89 bits per heavy atom. The summed E-state index contributed by atoms with van der Waals surface area (Å²) in [6, 6.07) is 4.95. The Kier molecular flexibility index (Phi) is 3.09. The van der Waals surface area contributed by atoms with Gasteiger partial charge < -0.3 is 10.2 Å². The number of nitrogens with one attached hydrogen (secondary N) is 1. The highest BCUT2D eigenvalue weighted by Gasteiger charge is 2.05. The maximum Gasteiger partial charge on any atom is 0.419 e. The first-order valence-corrected chi connectivity index (χ1v) is 5.19. The topological polar surface area (TPSA) is 106 Å². The van der Waals surface area contributed by atoms with Gasteiger partial charge in [0.2, 0.25) is 5.91 Å². The third kappa shape index (κ3) is 2.37. The van der Waals surface area contributed by atoms with Crippen molar-refractivity contribution in [3.63, 3.8) is 0 Å². The smallest absolute Gasteiger partial charge is 0.372 e. The number of aromatic nitrogens is 1. The highest BCUT2D eigenvalue weighted by Crippen LogP contribution is 2.13. The molecule has 0 bridgehead atoms. The minimum Gasteiger partial charge on any atom is -0.372 e. The molecule has 0 unspecified atom stereocenters. The van der Waals surface area contributed by atoms with Crippen molar-refractivity contribution in [3.8, 4) is 0 Å². The minimum absolute atomic E-state index is 0.0745. The molecule has 2 aromatic rings. The van der Waals surface area contributed by atoms with E-state index in [9.17, 15) is 14.4 Å². The molecule has 0 aliphatic rings. The van der Waals surface area contributed by atoms with E-state index in [0.29, 0.717) is 11.1 Å². The summed E-state index contributed by atoms with van der Waals surface area (Å²) in [4.78, 5) is 35.7. The van der Waals surface area contributed by atoms with Crippen LogP contribution in [0.4, 0.5) is 0 Å². The van der Waals surface area contributed by atoms with Crippen LogP contribution in [0.1, 0.15) is 12.0 Å². The monoisotopic (exact) mass is 246 g/mol. The number of hydrogen-bond donors (Lipinski definition) is 2. The maximum atomic E-state index is 11.6. The number of hydrogen-bond acceptors (Lipinski definition) is 4. The first kappa shape index (κ1) is 11.8. The molecule has 6 heteroatoms. The van der Waals surface area contributed by atoms with Crippen LogP contribution in [0.25, 0.3) is 17.0 Å².